The summed E-state index contributed by atoms with van der Waals surface area (Å²) in [5, 5.41) is 4.45. The maximum atomic E-state index is 6.48. The normalized spacial score (nSPS) is 15.7. The van der Waals surface area contributed by atoms with Crippen molar-refractivity contribution in [1.82, 2.24) is 19.9 Å². The minimum absolute atomic E-state index is 0.433. The van der Waals surface area contributed by atoms with Crippen LogP contribution in [-0.2, 0) is 0 Å². The highest BCUT2D eigenvalue weighted by atomic mass is 15.2. The van der Waals surface area contributed by atoms with Crippen LogP contribution in [0.25, 0.3) is 10.9 Å². The van der Waals surface area contributed by atoms with Crippen LogP contribution in [-0.4, -0.2) is 53.1 Å². The fraction of sp³-hybridized carbons (Fsp3) is 0.381. The van der Waals surface area contributed by atoms with E-state index in [1.807, 2.05) is 25.1 Å². The molecule has 0 radical (unpaired) electrons. The molecular formula is C21H27N7. The summed E-state index contributed by atoms with van der Waals surface area (Å²) in [4.78, 5) is 18.1. The number of rotatable bonds is 4. The first-order valence-corrected chi connectivity index (χ1v) is 9.68. The minimum atomic E-state index is 0.433. The van der Waals surface area contributed by atoms with E-state index in [1.165, 1.54) is 0 Å². The van der Waals surface area contributed by atoms with Gasteiger partial charge in [0.05, 0.1) is 11.2 Å². The van der Waals surface area contributed by atoms with Crippen molar-refractivity contribution in [2.24, 2.45) is 0 Å². The van der Waals surface area contributed by atoms with E-state index in [2.05, 4.69) is 56.3 Å². The van der Waals surface area contributed by atoms with Crippen LogP contribution in [0, 0.1) is 6.92 Å². The number of aromatic nitrogens is 3. The predicted molar refractivity (Wildman–Crippen MR) is 115 cm³/mol. The first kappa shape index (κ1) is 18.4. The number of nitrogens with two attached hydrogens (primary N) is 1. The summed E-state index contributed by atoms with van der Waals surface area (Å²) in [5.41, 5.74) is 9.81. The van der Waals surface area contributed by atoms with E-state index in [-0.39, 0.29) is 0 Å². The monoisotopic (exact) mass is 377 g/mol. The van der Waals surface area contributed by atoms with Gasteiger partial charge in [0.15, 0.2) is 11.6 Å². The van der Waals surface area contributed by atoms with E-state index in [4.69, 9.17) is 5.73 Å². The van der Waals surface area contributed by atoms with Crippen molar-refractivity contribution in [1.29, 1.82) is 0 Å². The van der Waals surface area contributed by atoms with Crippen LogP contribution in [0.3, 0.4) is 0 Å². The van der Waals surface area contributed by atoms with E-state index < -0.39 is 0 Å². The molecule has 146 valence electrons. The van der Waals surface area contributed by atoms with Gasteiger partial charge in [0, 0.05) is 24.2 Å². The van der Waals surface area contributed by atoms with Gasteiger partial charge in [-0.2, -0.15) is 0 Å². The average Bonchev–Trinajstić information content (AvgIpc) is 2.70. The van der Waals surface area contributed by atoms with Gasteiger partial charge in [-0.1, -0.05) is 18.2 Å². The van der Waals surface area contributed by atoms with Crippen LogP contribution >= 0.6 is 0 Å². The van der Waals surface area contributed by atoms with Crippen LogP contribution in [0.15, 0.2) is 36.7 Å². The van der Waals surface area contributed by atoms with E-state index in [1.54, 1.807) is 6.33 Å². The number of hydrogen-bond donors (Lipinski definition) is 2. The number of piperidine rings is 1. The molecule has 0 saturated carbocycles. The zero-order valence-corrected chi connectivity index (χ0v) is 16.7. The van der Waals surface area contributed by atoms with Crippen LogP contribution in [0.2, 0.25) is 0 Å². The van der Waals surface area contributed by atoms with E-state index in [0.717, 1.165) is 54.0 Å². The Bertz CT molecular complexity index is 980. The van der Waals surface area contributed by atoms with Crippen molar-refractivity contribution in [3.05, 3.63) is 42.4 Å². The molecule has 1 aliphatic rings. The molecule has 1 saturated heterocycles. The summed E-state index contributed by atoms with van der Waals surface area (Å²) in [5.74, 6) is 1.39. The molecule has 0 aliphatic carbocycles. The molecular weight excluding hydrogens is 350 g/mol. The lowest BCUT2D eigenvalue weighted by atomic mass is 10.0. The second-order valence-electron chi connectivity index (χ2n) is 7.56. The van der Waals surface area contributed by atoms with Crippen molar-refractivity contribution < 1.29 is 0 Å². The molecule has 0 spiro atoms. The second kappa shape index (κ2) is 7.59. The lowest BCUT2D eigenvalue weighted by molar-refractivity contribution is 0.252. The van der Waals surface area contributed by atoms with E-state index in [9.17, 15) is 0 Å². The molecule has 1 aromatic carbocycles. The molecule has 28 heavy (non-hydrogen) atoms. The molecule has 7 nitrogen and oxygen atoms in total. The highest BCUT2D eigenvalue weighted by molar-refractivity contribution is 5.93. The number of nitrogen functional groups attached to an aromatic ring is 1. The van der Waals surface area contributed by atoms with Crippen LogP contribution < -0.4 is 16.0 Å². The Kier molecular flexibility index (Phi) is 5.00. The number of aryl methyl sites for hydroxylation is 1. The number of likely N-dealkylation sites (tertiary alicyclic amines) is 1. The molecule has 3 heterocycles. The lowest BCUT2D eigenvalue weighted by Gasteiger charge is -2.36. The molecule has 3 aromatic rings. The van der Waals surface area contributed by atoms with Crippen molar-refractivity contribution in [3.8, 4) is 0 Å². The number of fused-ring (bicyclic) bond motifs is 1. The Morgan fingerprint density at radius 3 is 2.71 bits per heavy atom. The number of nitrogens with one attached hydrogen (secondary N) is 1. The third-order valence-corrected chi connectivity index (χ3v) is 5.55. The summed E-state index contributed by atoms with van der Waals surface area (Å²) < 4.78 is 0. The fourth-order valence-electron chi connectivity index (χ4n) is 3.80. The standard InChI is InChI=1S/C21H27N7/c1-14-7-8-15-5-4-6-17(19(15)25-14)26-20-18(22)21(24-13-23-20)28(3)16-9-11-27(2)12-10-16/h4-8,13,16H,9-12,22H2,1-3H3,(H,23,24,26). The average molecular weight is 377 g/mol. The highest BCUT2D eigenvalue weighted by Gasteiger charge is 2.24. The Morgan fingerprint density at radius 2 is 1.93 bits per heavy atom. The van der Waals surface area contributed by atoms with Gasteiger partial charge in [-0.25, -0.2) is 9.97 Å². The first-order chi connectivity index (χ1) is 13.5. The number of hydrogen-bond acceptors (Lipinski definition) is 7. The zero-order chi connectivity index (χ0) is 19.7. The number of anilines is 4. The van der Waals surface area contributed by atoms with Gasteiger partial charge in [0.25, 0.3) is 0 Å². The molecule has 2 aromatic heterocycles. The van der Waals surface area contributed by atoms with Gasteiger partial charge in [0.2, 0.25) is 0 Å². The van der Waals surface area contributed by atoms with Crippen LogP contribution in [0.4, 0.5) is 23.0 Å². The van der Waals surface area contributed by atoms with Gasteiger partial charge in [-0.3, -0.25) is 4.98 Å². The molecule has 1 fully saturated rings. The summed E-state index contributed by atoms with van der Waals surface area (Å²) >= 11 is 0. The van der Waals surface area contributed by atoms with Gasteiger partial charge in [-0.15, -0.1) is 0 Å². The number of benzene rings is 1. The van der Waals surface area contributed by atoms with Gasteiger partial charge in [0.1, 0.15) is 12.0 Å². The molecule has 1 aliphatic heterocycles. The van der Waals surface area contributed by atoms with Crippen molar-refractivity contribution in [2.45, 2.75) is 25.8 Å². The Hall–Kier alpha value is -2.93. The van der Waals surface area contributed by atoms with Crippen molar-refractivity contribution >= 4 is 33.9 Å². The Balaban J connectivity index is 1.63. The van der Waals surface area contributed by atoms with Crippen LogP contribution in [0.5, 0.6) is 0 Å². The fourth-order valence-corrected chi connectivity index (χ4v) is 3.80. The molecule has 7 heteroatoms. The molecule has 3 N–H and O–H groups in total. The summed E-state index contributed by atoms with van der Waals surface area (Å²) in [7, 11) is 4.23. The SMILES string of the molecule is Cc1ccc2cccc(Nc3ncnc(N(C)C4CCN(C)CC4)c3N)c2n1. The summed E-state index contributed by atoms with van der Waals surface area (Å²) in [6, 6.07) is 10.6. The lowest BCUT2D eigenvalue weighted by Crippen LogP contribution is -2.42. The molecule has 0 bridgehead atoms. The summed E-state index contributed by atoms with van der Waals surface area (Å²) in [6.07, 6.45) is 3.78. The van der Waals surface area contributed by atoms with Gasteiger partial charge in [-0.05, 0) is 52.0 Å². The van der Waals surface area contributed by atoms with E-state index >= 15 is 0 Å². The molecule has 0 amide bonds. The maximum absolute atomic E-state index is 6.48. The molecule has 4 rings (SSSR count). The third kappa shape index (κ3) is 3.57. The molecule has 0 unspecified atom stereocenters. The number of nitrogens with zero attached hydrogens (tertiary/aromatic N) is 5. The predicted octanol–water partition coefficient (Wildman–Crippen LogP) is 3.19. The van der Waals surface area contributed by atoms with Crippen molar-refractivity contribution in [2.75, 3.05) is 43.1 Å². The summed E-state index contributed by atoms with van der Waals surface area (Å²) in [6.45, 7) is 4.17. The minimum Gasteiger partial charge on any atom is -0.393 e. The Morgan fingerprint density at radius 1 is 1.14 bits per heavy atom. The van der Waals surface area contributed by atoms with Crippen molar-refractivity contribution in [3.63, 3.8) is 0 Å². The number of pyridine rings is 1. The highest BCUT2D eigenvalue weighted by Crippen LogP contribution is 2.32. The largest absolute Gasteiger partial charge is 0.393 e. The quantitative estimate of drug-likeness (QED) is 0.722. The van der Waals surface area contributed by atoms with Gasteiger partial charge >= 0.3 is 0 Å². The zero-order valence-electron chi connectivity index (χ0n) is 16.7. The second-order valence-corrected chi connectivity index (χ2v) is 7.56. The maximum Gasteiger partial charge on any atom is 0.159 e. The van der Waals surface area contributed by atoms with Crippen LogP contribution in [0.1, 0.15) is 18.5 Å². The number of para-hydroxylation sites is 1. The Labute approximate surface area is 165 Å². The molecule has 0 atom stereocenters. The third-order valence-electron chi connectivity index (χ3n) is 5.55. The topological polar surface area (TPSA) is 83.2 Å². The first-order valence-electron chi connectivity index (χ1n) is 9.68. The van der Waals surface area contributed by atoms with E-state index in [0.29, 0.717) is 17.5 Å². The van der Waals surface area contributed by atoms with Gasteiger partial charge < -0.3 is 20.9 Å². The smallest absolute Gasteiger partial charge is 0.159 e.